The number of allylic oxidation sites excluding steroid dienone is 2. The van der Waals surface area contributed by atoms with E-state index in [9.17, 15) is 19.7 Å². The first-order valence-electron chi connectivity index (χ1n) is 8.10. The van der Waals surface area contributed by atoms with Crippen LogP contribution in [-0.2, 0) is 14.3 Å². The smallest absolute Gasteiger partial charge is 0.310 e. The number of esters is 1. The minimum Gasteiger partial charge on any atom is -0.460 e. The summed E-state index contributed by atoms with van der Waals surface area (Å²) >= 11 is 5.64. The van der Waals surface area contributed by atoms with E-state index >= 15 is 0 Å². The molecule has 1 saturated carbocycles. The molecule has 1 fully saturated rings. The van der Waals surface area contributed by atoms with Crippen LogP contribution in [0.3, 0.4) is 0 Å². The van der Waals surface area contributed by atoms with Gasteiger partial charge in [-0.1, -0.05) is 30.3 Å². The van der Waals surface area contributed by atoms with Crippen LogP contribution in [0, 0.1) is 33.8 Å². The van der Waals surface area contributed by atoms with Gasteiger partial charge in [-0.25, -0.2) is 0 Å². The lowest BCUT2D eigenvalue weighted by Crippen LogP contribution is -2.37. The standard InChI is InChI=1S/C18H17ClN2O5/c1-10(19)9-26-18(23)16-12-3-2-11(8-12)15(16)17(22)20-13-4-6-14(7-5-13)21(24)25/h2-7,11-12,15-16H,1,8-9H2,(H,20,22)/t11-,12-,15+,16-/m1/s1. The first kappa shape index (κ1) is 18.1. The molecule has 0 aromatic heterocycles. The number of nitrogens with zero attached hydrogens (tertiary/aromatic N) is 1. The van der Waals surface area contributed by atoms with Crippen molar-refractivity contribution in [3.05, 3.63) is 58.1 Å². The lowest BCUT2D eigenvalue weighted by molar-refractivity contribution is -0.384. The molecular weight excluding hydrogens is 360 g/mol. The summed E-state index contributed by atoms with van der Waals surface area (Å²) in [5.74, 6) is -1.95. The second-order valence-electron chi connectivity index (χ2n) is 6.42. The molecule has 1 N–H and O–H groups in total. The van der Waals surface area contributed by atoms with Gasteiger partial charge in [-0.05, 0) is 30.4 Å². The summed E-state index contributed by atoms with van der Waals surface area (Å²) in [5.41, 5.74) is 0.377. The predicted octanol–water partition coefficient (Wildman–Crippen LogP) is 3.27. The molecule has 2 aliphatic rings. The molecular formula is C18H17ClN2O5. The molecule has 4 atom stereocenters. The summed E-state index contributed by atoms with van der Waals surface area (Å²) in [6.07, 6.45) is 4.62. The van der Waals surface area contributed by atoms with E-state index in [2.05, 4.69) is 11.9 Å². The largest absolute Gasteiger partial charge is 0.460 e. The van der Waals surface area contributed by atoms with Crippen molar-refractivity contribution in [2.45, 2.75) is 6.42 Å². The monoisotopic (exact) mass is 376 g/mol. The Balaban J connectivity index is 1.72. The van der Waals surface area contributed by atoms with Crippen molar-refractivity contribution in [2.24, 2.45) is 23.7 Å². The van der Waals surface area contributed by atoms with Gasteiger partial charge in [-0.3, -0.25) is 19.7 Å². The fourth-order valence-corrected chi connectivity index (χ4v) is 3.69. The summed E-state index contributed by atoms with van der Waals surface area (Å²) < 4.78 is 5.15. The minimum absolute atomic E-state index is 0.0326. The van der Waals surface area contributed by atoms with E-state index in [-0.39, 0.29) is 35.1 Å². The number of hydrogen-bond acceptors (Lipinski definition) is 5. The predicted molar refractivity (Wildman–Crippen MR) is 95.4 cm³/mol. The zero-order valence-electron chi connectivity index (χ0n) is 13.8. The maximum absolute atomic E-state index is 12.7. The van der Waals surface area contributed by atoms with Gasteiger partial charge in [-0.2, -0.15) is 0 Å². The normalized spacial score (nSPS) is 25.7. The fourth-order valence-electron chi connectivity index (χ4n) is 3.64. The second kappa shape index (κ2) is 7.29. The van der Waals surface area contributed by atoms with E-state index in [1.54, 1.807) is 0 Å². The fraction of sp³-hybridized carbons (Fsp3) is 0.333. The zero-order valence-corrected chi connectivity index (χ0v) is 14.5. The van der Waals surface area contributed by atoms with E-state index in [0.29, 0.717) is 5.69 Å². The molecule has 136 valence electrons. The molecule has 2 bridgehead atoms. The Hall–Kier alpha value is -2.67. The van der Waals surface area contributed by atoms with Crippen molar-refractivity contribution < 1.29 is 19.2 Å². The van der Waals surface area contributed by atoms with Crippen LogP contribution in [0.1, 0.15) is 6.42 Å². The quantitative estimate of drug-likeness (QED) is 0.355. The number of fused-ring (bicyclic) bond motifs is 2. The van der Waals surface area contributed by atoms with Crippen LogP contribution in [0.4, 0.5) is 11.4 Å². The van der Waals surface area contributed by atoms with Gasteiger partial charge in [0, 0.05) is 22.9 Å². The summed E-state index contributed by atoms with van der Waals surface area (Å²) in [6.45, 7) is 3.39. The number of carbonyl (C=O) groups excluding carboxylic acids is 2. The number of halogens is 1. The van der Waals surface area contributed by atoms with Crippen molar-refractivity contribution in [3.8, 4) is 0 Å². The molecule has 3 rings (SSSR count). The van der Waals surface area contributed by atoms with Gasteiger partial charge in [0.2, 0.25) is 5.91 Å². The average Bonchev–Trinajstić information content (AvgIpc) is 3.21. The van der Waals surface area contributed by atoms with E-state index in [1.165, 1.54) is 24.3 Å². The van der Waals surface area contributed by atoms with Crippen molar-refractivity contribution in [3.63, 3.8) is 0 Å². The summed E-state index contributed by atoms with van der Waals surface area (Å²) in [6, 6.07) is 5.55. The third-order valence-corrected chi connectivity index (χ3v) is 4.86. The number of ether oxygens (including phenoxy) is 1. The van der Waals surface area contributed by atoms with Gasteiger partial charge in [0.25, 0.3) is 5.69 Å². The lowest BCUT2D eigenvalue weighted by Gasteiger charge is -2.25. The number of nitrogens with one attached hydrogen (secondary N) is 1. The van der Waals surface area contributed by atoms with Crippen molar-refractivity contribution in [1.29, 1.82) is 0 Å². The van der Waals surface area contributed by atoms with E-state index in [0.717, 1.165) is 6.42 Å². The maximum atomic E-state index is 12.7. The molecule has 0 aliphatic heterocycles. The Bertz CT molecular complexity index is 789. The van der Waals surface area contributed by atoms with Crippen LogP contribution < -0.4 is 5.32 Å². The molecule has 26 heavy (non-hydrogen) atoms. The Kier molecular flexibility index (Phi) is 5.08. The van der Waals surface area contributed by atoms with Crippen molar-refractivity contribution in [1.82, 2.24) is 0 Å². The average molecular weight is 377 g/mol. The van der Waals surface area contributed by atoms with E-state index in [4.69, 9.17) is 16.3 Å². The highest BCUT2D eigenvalue weighted by atomic mass is 35.5. The van der Waals surface area contributed by atoms with Crippen LogP contribution >= 0.6 is 11.6 Å². The Labute approximate surface area is 154 Å². The number of hydrogen-bond donors (Lipinski definition) is 1. The highest BCUT2D eigenvalue weighted by molar-refractivity contribution is 6.29. The third-order valence-electron chi connectivity index (χ3n) is 4.75. The maximum Gasteiger partial charge on any atom is 0.310 e. The first-order chi connectivity index (χ1) is 12.4. The van der Waals surface area contributed by atoms with E-state index < -0.39 is 22.7 Å². The van der Waals surface area contributed by atoms with Crippen LogP contribution in [0.15, 0.2) is 48.0 Å². The number of nitro benzene ring substituents is 1. The highest BCUT2D eigenvalue weighted by Gasteiger charge is 2.52. The molecule has 7 nitrogen and oxygen atoms in total. The Morgan fingerprint density at radius 3 is 2.42 bits per heavy atom. The molecule has 8 heteroatoms. The van der Waals surface area contributed by atoms with Crippen LogP contribution in [-0.4, -0.2) is 23.4 Å². The number of non-ortho nitro benzene ring substituents is 1. The summed E-state index contributed by atoms with van der Waals surface area (Å²) in [7, 11) is 0. The van der Waals surface area contributed by atoms with Gasteiger partial charge >= 0.3 is 5.97 Å². The zero-order chi connectivity index (χ0) is 18.8. The number of carbonyl (C=O) groups is 2. The van der Waals surface area contributed by atoms with Crippen molar-refractivity contribution >= 4 is 34.9 Å². The van der Waals surface area contributed by atoms with E-state index in [1.807, 2.05) is 12.2 Å². The van der Waals surface area contributed by atoms with Crippen LogP contribution in [0.5, 0.6) is 0 Å². The van der Waals surface area contributed by atoms with Crippen molar-refractivity contribution in [2.75, 3.05) is 11.9 Å². The minimum atomic E-state index is -0.570. The van der Waals surface area contributed by atoms with Crippen LogP contribution in [0.25, 0.3) is 0 Å². The molecule has 0 saturated heterocycles. The first-order valence-corrected chi connectivity index (χ1v) is 8.48. The summed E-state index contributed by atoms with van der Waals surface area (Å²) in [4.78, 5) is 35.4. The number of benzene rings is 1. The SMILES string of the molecule is C=C(Cl)COC(=O)[C@H]1[C@@H](C(=O)Nc2ccc([N+](=O)[O-])cc2)[C@@H]2C=C[C@@H]1C2. The third kappa shape index (κ3) is 3.62. The second-order valence-corrected chi connectivity index (χ2v) is 6.95. The molecule has 0 unspecified atom stereocenters. The molecule has 0 spiro atoms. The molecule has 0 radical (unpaired) electrons. The Morgan fingerprint density at radius 2 is 1.85 bits per heavy atom. The van der Waals surface area contributed by atoms with Gasteiger partial charge in [0.1, 0.15) is 6.61 Å². The highest BCUT2D eigenvalue weighted by Crippen LogP contribution is 2.49. The number of rotatable bonds is 6. The number of anilines is 1. The van der Waals surface area contributed by atoms with Crippen LogP contribution in [0.2, 0.25) is 0 Å². The van der Waals surface area contributed by atoms with Gasteiger partial charge < -0.3 is 10.1 Å². The Morgan fingerprint density at radius 1 is 1.23 bits per heavy atom. The van der Waals surface area contributed by atoms with Gasteiger partial charge in [0.05, 0.1) is 16.8 Å². The number of nitro groups is 1. The van der Waals surface area contributed by atoms with Gasteiger partial charge in [0.15, 0.2) is 0 Å². The molecule has 1 aromatic carbocycles. The van der Waals surface area contributed by atoms with Gasteiger partial charge in [-0.15, -0.1) is 0 Å². The molecule has 0 heterocycles. The molecule has 1 amide bonds. The summed E-state index contributed by atoms with van der Waals surface area (Å²) in [5, 5.41) is 13.7. The number of amides is 1. The molecule has 1 aromatic rings. The molecule has 2 aliphatic carbocycles. The topological polar surface area (TPSA) is 98.5 Å². The lowest BCUT2D eigenvalue weighted by atomic mass is 9.82.